The molecule has 0 amide bonds. The van der Waals surface area contributed by atoms with Crippen molar-refractivity contribution in [3.8, 4) is 16.9 Å². The number of carboxylic acid groups (broad SMARTS) is 1. The number of carboxylic acids is 1. The minimum atomic E-state index is -3.37. The molecule has 2 rings (SSSR count). The zero-order valence-electron chi connectivity index (χ0n) is 14.0. The number of aliphatic carboxylic acids is 1. The fourth-order valence-electron chi connectivity index (χ4n) is 2.45. The Morgan fingerprint density at radius 1 is 1.16 bits per heavy atom. The SMILES string of the molecule is CCCS(=O)(=O)c1ccc(C)c(-c2cc(Cl)ccc2OCC(=O)O)c1. The van der Waals surface area contributed by atoms with Gasteiger partial charge in [0.25, 0.3) is 0 Å². The van der Waals surface area contributed by atoms with Crippen molar-refractivity contribution in [3.63, 3.8) is 0 Å². The van der Waals surface area contributed by atoms with E-state index in [1.54, 1.807) is 36.4 Å². The van der Waals surface area contributed by atoms with Crippen molar-refractivity contribution in [1.82, 2.24) is 0 Å². The first-order valence-electron chi connectivity index (χ1n) is 7.72. The van der Waals surface area contributed by atoms with Gasteiger partial charge in [0.15, 0.2) is 16.4 Å². The van der Waals surface area contributed by atoms with Gasteiger partial charge in [-0.15, -0.1) is 0 Å². The normalized spacial score (nSPS) is 11.3. The van der Waals surface area contributed by atoms with E-state index < -0.39 is 22.4 Å². The van der Waals surface area contributed by atoms with Gasteiger partial charge in [-0.05, 0) is 54.8 Å². The molecule has 0 saturated heterocycles. The maximum atomic E-state index is 12.4. The van der Waals surface area contributed by atoms with Gasteiger partial charge < -0.3 is 9.84 Å². The number of hydrogen-bond acceptors (Lipinski definition) is 4. The number of halogens is 1. The Bertz CT molecular complexity index is 890. The van der Waals surface area contributed by atoms with E-state index in [2.05, 4.69) is 0 Å². The lowest BCUT2D eigenvalue weighted by atomic mass is 10.00. The van der Waals surface area contributed by atoms with Crippen LogP contribution in [0, 0.1) is 6.92 Å². The van der Waals surface area contributed by atoms with Crippen LogP contribution in [0.3, 0.4) is 0 Å². The lowest BCUT2D eigenvalue weighted by molar-refractivity contribution is -0.139. The molecule has 0 fully saturated rings. The van der Waals surface area contributed by atoms with Crippen molar-refractivity contribution in [2.45, 2.75) is 25.2 Å². The summed E-state index contributed by atoms with van der Waals surface area (Å²) >= 11 is 6.07. The second kappa shape index (κ2) is 7.89. The van der Waals surface area contributed by atoms with Gasteiger partial charge in [0.2, 0.25) is 0 Å². The summed E-state index contributed by atoms with van der Waals surface area (Å²) in [5.41, 5.74) is 2.03. The molecule has 0 saturated carbocycles. The summed E-state index contributed by atoms with van der Waals surface area (Å²) in [6.07, 6.45) is 0.523. The van der Waals surface area contributed by atoms with Crippen molar-refractivity contribution in [2.75, 3.05) is 12.4 Å². The lowest BCUT2D eigenvalue weighted by Gasteiger charge is -2.14. The molecule has 0 aliphatic rings. The Morgan fingerprint density at radius 3 is 2.52 bits per heavy atom. The van der Waals surface area contributed by atoms with E-state index >= 15 is 0 Å². The van der Waals surface area contributed by atoms with E-state index in [0.29, 0.717) is 28.3 Å². The number of aryl methyl sites for hydroxylation is 1. The largest absolute Gasteiger partial charge is 0.481 e. The second-order valence-electron chi connectivity index (χ2n) is 5.62. The number of carbonyl (C=O) groups is 1. The molecule has 0 spiro atoms. The van der Waals surface area contributed by atoms with E-state index in [1.165, 1.54) is 0 Å². The molecule has 0 atom stereocenters. The van der Waals surface area contributed by atoms with Crippen LogP contribution in [-0.2, 0) is 14.6 Å². The molecule has 2 aromatic carbocycles. The van der Waals surface area contributed by atoms with Crippen LogP contribution >= 0.6 is 11.6 Å². The quantitative estimate of drug-likeness (QED) is 0.783. The average Bonchev–Trinajstić information content (AvgIpc) is 2.53. The minimum absolute atomic E-state index is 0.0629. The molecule has 0 aliphatic heterocycles. The van der Waals surface area contributed by atoms with Crippen LogP contribution in [-0.4, -0.2) is 31.9 Å². The summed E-state index contributed by atoms with van der Waals surface area (Å²) in [7, 11) is -3.37. The number of hydrogen-bond donors (Lipinski definition) is 1. The summed E-state index contributed by atoms with van der Waals surface area (Å²) in [4.78, 5) is 11.0. The summed E-state index contributed by atoms with van der Waals surface area (Å²) in [6, 6.07) is 9.69. The van der Waals surface area contributed by atoms with Crippen molar-refractivity contribution in [1.29, 1.82) is 0 Å². The third kappa shape index (κ3) is 4.74. The van der Waals surface area contributed by atoms with E-state index in [1.807, 2.05) is 13.8 Å². The Balaban J connectivity index is 2.57. The highest BCUT2D eigenvalue weighted by Crippen LogP contribution is 2.36. The lowest BCUT2D eigenvalue weighted by Crippen LogP contribution is -2.10. The number of rotatable bonds is 7. The van der Waals surface area contributed by atoms with Gasteiger partial charge in [0.1, 0.15) is 5.75 Å². The molecule has 25 heavy (non-hydrogen) atoms. The molecule has 0 heterocycles. The summed E-state index contributed by atoms with van der Waals surface area (Å²) in [5, 5.41) is 9.27. The third-order valence-corrected chi connectivity index (χ3v) is 5.78. The van der Waals surface area contributed by atoms with Crippen molar-refractivity contribution in [3.05, 3.63) is 47.0 Å². The molecule has 1 N–H and O–H groups in total. The Morgan fingerprint density at radius 2 is 1.88 bits per heavy atom. The maximum Gasteiger partial charge on any atom is 0.341 e. The van der Waals surface area contributed by atoms with Crippen LogP contribution in [0.15, 0.2) is 41.3 Å². The average molecular weight is 383 g/mol. The number of sulfone groups is 1. The van der Waals surface area contributed by atoms with Gasteiger partial charge >= 0.3 is 5.97 Å². The van der Waals surface area contributed by atoms with Gasteiger partial charge in [-0.1, -0.05) is 24.6 Å². The standard InChI is InChI=1S/C18H19ClO5S/c1-3-8-25(22,23)14-6-4-12(2)15(10-14)16-9-13(19)5-7-17(16)24-11-18(20)21/h4-7,9-10H,3,8,11H2,1-2H3,(H,20,21). The molecule has 7 heteroatoms. The first kappa shape index (κ1) is 19.3. The fourth-order valence-corrected chi connectivity index (χ4v) is 3.97. The molecule has 0 unspecified atom stereocenters. The van der Waals surface area contributed by atoms with Crippen LogP contribution in [0.25, 0.3) is 11.1 Å². The molecule has 0 radical (unpaired) electrons. The molecule has 5 nitrogen and oxygen atoms in total. The van der Waals surface area contributed by atoms with Crippen LogP contribution in [0.2, 0.25) is 5.02 Å². The summed E-state index contributed by atoms with van der Waals surface area (Å²) < 4.78 is 30.0. The molecular formula is C18H19ClO5S. The van der Waals surface area contributed by atoms with Crippen molar-refractivity contribution >= 4 is 27.4 Å². The molecule has 2 aromatic rings. The second-order valence-corrected chi connectivity index (χ2v) is 8.16. The smallest absolute Gasteiger partial charge is 0.341 e. The highest BCUT2D eigenvalue weighted by molar-refractivity contribution is 7.91. The zero-order valence-corrected chi connectivity index (χ0v) is 15.5. The molecule has 0 aliphatic carbocycles. The monoisotopic (exact) mass is 382 g/mol. The molecular weight excluding hydrogens is 364 g/mol. The zero-order chi connectivity index (χ0) is 18.6. The molecule has 0 bridgehead atoms. The third-order valence-electron chi connectivity index (χ3n) is 3.62. The van der Waals surface area contributed by atoms with Gasteiger partial charge in [-0.25, -0.2) is 13.2 Å². The first-order valence-corrected chi connectivity index (χ1v) is 9.75. The Hall–Kier alpha value is -2.05. The number of benzene rings is 2. The maximum absolute atomic E-state index is 12.4. The van der Waals surface area contributed by atoms with Gasteiger partial charge in [-0.3, -0.25) is 0 Å². The van der Waals surface area contributed by atoms with Crippen LogP contribution in [0.5, 0.6) is 5.75 Å². The van der Waals surface area contributed by atoms with Crippen LogP contribution in [0.1, 0.15) is 18.9 Å². The molecule has 0 aromatic heterocycles. The van der Waals surface area contributed by atoms with Gasteiger partial charge in [-0.2, -0.15) is 0 Å². The predicted octanol–water partition coefficient (Wildman–Crippen LogP) is 3.96. The topological polar surface area (TPSA) is 80.7 Å². The van der Waals surface area contributed by atoms with E-state index in [9.17, 15) is 13.2 Å². The Labute approximate surface area is 152 Å². The van der Waals surface area contributed by atoms with Gasteiger partial charge in [0, 0.05) is 10.6 Å². The van der Waals surface area contributed by atoms with E-state index in [4.69, 9.17) is 21.4 Å². The number of ether oxygens (including phenoxy) is 1. The molecule has 134 valence electrons. The minimum Gasteiger partial charge on any atom is -0.481 e. The summed E-state index contributed by atoms with van der Waals surface area (Å²) in [6.45, 7) is 3.15. The highest BCUT2D eigenvalue weighted by Gasteiger charge is 2.17. The Kier molecular flexibility index (Phi) is 6.08. The van der Waals surface area contributed by atoms with Crippen molar-refractivity contribution in [2.24, 2.45) is 0 Å². The van der Waals surface area contributed by atoms with E-state index in [0.717, 1.165) is 5.56 Å². The predicted molar refractivity (Wildman–Crippen MR) is 97.1 cm³/mol. The summed E-state index contributed by atoms with van der Waals surface area (Å²) in [5.74, 6) is -0.704. The van der Waals surface area contributed by atoms with Crippen LogP contribution < -0.4 is 4.74 Å². The van der Waals surface area contributed by atoms with Crippen molar-refractivity contribution < 1.29 is 23.1 Å². The van der Waals surface area contributed by atoms with E-state index in [-0.39, 0.29) is 10.6 Å². The highest BCUT2D eigenvalue weighted by atomic mass is 35.5. The first-order chi connectivity index (χ1) is 11.7. The van der Waals surface area contributed by atoms with Gasteiger partial charge in [0.05, 0.1) is 10.6 Å². The fraction of sp³-hybridized carbons (Fsp3) is 0.278. The van der Waals surface area contributed by atoms with Crippen LogP contribution in [0.4, 0.5) is 0 Å².